The molecular weight excluding hydrogens is 212 g/mol. The largest absolute Gasteiger partial charge is 0.462 e. The molecule has 2 atom stereocenters. The highest BCUT2D eigenvalue weighted by atomic mass is 16.5. The van der Waals surface area contributed by atoms with E-state index in [1.54, 1.807) is 0 Å². The minimum atomic E-state index is -0.111. The second-order valence-corrected chi connectivity index (χ2v) is 4.74. The summed E-state index contributed by atoms with van der Waals surface area (Å²) in [6, 6.07) is 10.2. The summed E-state index contributed by atoms with van der Waals surface area (Å²) in [6.45, 7) is 7.89. The van der Waals surface area contributed by atoms with E-state index in [1.165, 1.54) is 5.56 Å². The number of carbonyl (C=O) groups excluding carboxylic acids is 1. The molecule has 0 spiro atoms. The average Bonchev–Trinajstić information content (AvgIpc) is 2.35. The summed E-state index contributed by atoms with van der Waals surface area (Å²) in [4.78, 5) is 11.6. The van der Waals surface area contributed by atoms with Gasteiger partial charge < -0.3 is 4.74 Å². The third kappa shape index (κ3) is 3.88. The second-order valence-electron chi connectivity index (χ2n) is 4.74. The molecule has 0 N–H and O–H groups in total. The molecule has 17 heavy (non-hydrogen) atoms. The van der Waals surface area contributed by atoms with Crippen molar-refractivity contribution in [1.82, 2.24) is 0 Å². The van der Waals surface area contributed by atoms with Gasteiger partial charge in [0.25, 0.3) is 0 Å². The van der Waals surface area contributed by atoms with E-state index in [2.05, 4.69) is 26.0 Å². The molecule has 94 valence electrons. The maximum atomic E-state index is 11.6. The molecule has 1 aromatic rings. The number of hydrogen-bond acceptors (Lipinski definition) is 2. The topological polar surface area (TPSA) is 26.3 Å². The lowest BCUT2D eigenvalue weighted by Crippen LogP contribution is -2.25. The smallest absolute Gasteiger partial charge is 0.308 e. The van der Waals surface area contributed by atoms with Crippen LogP contribution in [-0.2, 0) is 9.53 Å². The van der Waals surface area contributed by atoms with Gasteiger partial charge in [0.05, 0.1) is 5.92 Å². The van der Waals surface area contributed by atoms with Crippen molar-refractivity contribution in [3.8, 4) is 0 Å². The Morgan fingerprint density at radius 3 is 2.24 bits per heavy atom. The summed E-state index contributed by atoms with van der Waals surface area (Å²) in [5.74, 6) is 0.0653. The molecule has 0 aliphatic rings. The van der Waals surface area contributed by atoms with Crippen molar-refractivity contribution in [2.75, 3.05) is 0 Å². The van der Waals surface area contributed by atoms with Gasteiger partial charge in [0.1, 0.15) is 6.10 Å². The number of benzene rings is 1. The van der Waals surface area contributed by atoms with Crippen LogP contribution >= 0.6 is 0 Å². The summed E-state index contributed by atoms with van der Waals surface area (Å²) in [7, 11) is 0. The first kappa shape index (κ1) is 13.8. The second kappa shape index (κ2) is 6.43. The van der Waals surface area contributed by atoms with Crippen molar-refractivity contribution in [2.24, 2.45) is 5.92 Å². The van der Waals surface area contributed by atoms with E-state index in [0.29, 0.717) is 0 Å². The Balaban J connectivity index is 2.71. The van der Waals surface area contributed by atoms with Crippen LogP contribution in [0, 0.1) is 5.92 Å². The van der Waals surface area contributed by atoms with E-state index in [0.717, 1.165) is 6.42 Å². The number of hydrogen-bond donors (Lipinski definition) is 0. The third-order valence-electron chi connectivity index (χ3n) is 3.02. The number of esters is 1. The molecule has 0 amide bonds. The van der Waals surface area contributed by atoms with Gasteiger partial charge in [-0.15, -0.1) is 0 Å². The van der Waals surface area contributed by atoms with Crippen LogP contribution in [0.2, 0.25) is 0 Å². The molecule has 0 bridgehead atoms. The normalized spacial score (nSPS) is 14.4. The lowest BCUT2D eigenvalue weighted by atomic mass is 9.94. The van der Waals surface area contributed by atoms with Crippen molar-refractivity contribution in [3.63, 3.8) is 0 Å². The van der Waals surface area contributed by atoms with Gasteiger partial charge in [0, 0.05) is 5.92 Å². The van der Waals surface area contributed by atoms with Crippen molar-refractivity contribution < 1.29 is 9.53 Å². The Morgan fingerprint density at radius 1 is 1.18 bits per heavy atom. The van der Waals surface area contributed by atoms with Crippen molar-refractivity contribution >= 4 is 5.97 Å². The van der Waals surface area contributed by atoms with Crippen LogP contribution in [0.1, 0.15) is 45.6 Å². The molecule has 0 aliphatic carbocycles. The van der Waals surface area contributed by atoms with Gasteiger partial charge in [-0.05, 0) is 12.0 Å². The lowest BCUT2D eigenvalue weighted by molar-refractivity contribution is -0.154. The zero-order chi connectivity index (χ0) is 12.8. The predicted octanol–water partition coefficient (Wildman–Crippen LogP) is 3.77. The Labute approximate surface area is 104 Å². The summed E-state index contributed by atoms with van der Waals surface area (Å²) in [6.07, 6.45) is 0.807. The summed E-state index contributed by atoms with van der Waals surface area (Å²) in [5.41, 5.74) is 1.22. The first-order chi connectivity index (χ1) is 8.06. The molecule has 0 fully saturated rings. The number of rotatable bonds is 5. The Kier molecular flexibility index (Phi) is 5.20. The van der Waals surface area contributed by atoms with Gasteiger partial charge in [-0.3, -0.25) is 4.79 Å². The Morgan fingerprint density at radius 2 is 1.76 bits per heavy atom. The zero-order valence-electron chi connectivity index (χ0n) is 11.1. The van der Waals surface area contributed by atoms with E-state index < -0.39 is 0 Å². The lowest BCUT2D eigenvalue weighted by Gasteiger charge is -2.24. The van der Waals surface area contributed by atoms with Crippen LogP contribution in [0.25, 0.3) is 0 Å². The standard InChI is InChI=1S/C15H22O2/c1-5-14(17-15(16)11(2)3)12(4)13-9-7-6-8-10-13/h6-12,14H,5H2,1-4H3. The minimum Gasteiger partial charge on any atom is -0.462 e. The quantitative estimate of drug-likeness (QED) is 0.725. The van der Waals surface area contributed by atoms with E-state index >= 15 is 0 Å². The minimum absolute atomic E-state index is 0.0349. The Bertz CT molecular complexity index is 343. The van der Waals surface area contributed by atoms with Crippen LogP contribution in [-0.4, -0.2) is 12.1 Å². The number of ether oxygens (including phenoxy) is 1. The van der Waals surface area contributed by atoms with Gasteiger partial charge in [-0.1, -0.05) is 58.0 Å². The molecule has 0 heterocycles. The first-order valence-electron chi connectivity index (χ1n) is 6.31. The number of carbonyl (C=O) groups is 1. The van der Waals surface area contributed by atoms with Gasteiger partial charge in [0.15, 0.2) is 0 Å². The fourth-order valence-electron chi connectivity index (χ4n) is 1.80. The third-order valence-corrected chi connectivity index (χ3v) is 3.02. The molecule has 0 radical (unpaired) electrons. The fraction of sp³-hybridized carbons (Fsp3) is 0.533. The molecule has 2 unspecified atom stereocenters. The van der Waals surface area contributed by atoms with Crippen LogP contribution in [0.4, 0.5) is 0 Å². The molecule has 2 nitrogen and oxygen atoms in total. The maximum absolute atomic E-state index is 11.6. The van der Waals surface area contributed by atoms with E-state index in [4.69, 9.17) is 4.74 Å². The zero-order valence-corrected chi connectivity index (χ0v) is 11.1. The van der Waals surface area contributed by atoms with Gasteiger partial charge in [-0.25, -0.2) is 0 Å². The summed E-state index contributed by atoms with van der Waals surface area (Å²) < 4.78 is 5.54. The highest BCUT2D eigenvalue weighted by Gasteiger charge is 2.22. The van der Waals surface area contributed by atoms with Crippen molar-refractivity contribution in [3.05, 3.63) is 35.9 Å². The van der Waals surface area contributed by atoms with Gasteiger partial charge >= 0.3 is 5.97 Å². The first-order valence-corrected chi connectivity index (χ1v) is 6.31. The van der Waals surface area contributed by atoms with Crippen molar-refractivity contribution in [1.29, 1.82) is 0 Å². The van der Waals surface area contributed by atoms with Crippen molar-refractivity contribution in [2.45, 2.75) is 46.1 Å². The molecule has 0 saturated heterocycles. The highest BCUT2D eigenvalue weighted by Crippen LogP contribution is 2.24. The van der Waals surface area contributed by atoms with E-state index in [9.17, 15) is 4.79 Å². The van der Waals surface area contributed by atoms with E-state index in [-0.39, 0.29) is 23.9 Å². The SMILES string of the molecule is CCC(OC(=O)C(C)C)C(C)c1ccccc1. The van der Waals surface area contributed by atoms with Crippen LogP contribution in [0.5, 0.6) is 0 Å². The predicted molar refractivity (Wildman–Crippen MR) is 69.9 cm³/mol. The molecule has 0 saturated carbocycles. The average molecular weight is 234 g/mol. The van der Waals surface area contributed by atoms with E-state index in [1.807, 2.05) is 32.0 Å². The highest BCUT2D eigenvalue weighted by molar-refractivity contribution is 5.71. The molecule has 1 aromatic carbocycles. The van der Waals surface area contributed by atoms with Crippen LogP contribution in [0.3, 0.4) is 0 Å². The molecule has 0 aromatic heterocycles. The summed E-state index contributed by atoms with van der Waals surface area (Å²) in [5, 5.41) is 0. The molecule has 1 rings (SSSR count). The van der Waals surface area contributed by atoms with Crippen LogP contribution in [0.15, 0.2) is 30.3 Å². The molecule has 2 heteroatoms. The monoisotopic (exact) mass is 234 g/mol. The molecule has 0 aliphatic heterocycles. The van der Waals surface area contributed by atoms with Gasteiger partial charge in [-0.2, -0.15) is 0 Å². The van der Waals surface area contributed by atoms with Crippen LogP contribution < -0.4 is 0 Å². The van der Waals surface area contributed by atoms with Gasteiger partial charge in [0.2, 0.25) is 0 Å². The molecular formula is C15H22O2. The summed E-state index contributed by atoms with van der Waals surface area (Å²) >= 11 is 0. The maximum Gasteiger partial charge on any atom is 0.308 e. The Hall–Kier alpha value is -1.31. The fourth-order valence-corrected chi connectivity index (χ4v) is 1.80.